The number of nitrogens with one attached hydrogen (secondary N) is 2. The van der Waals surface area contributed by atoms with E-state index in [4.69, 9.17) is 16.3 Å². The fourth-order valence-electron chi connectivity index (χ4n) is 4.07. The third-order valence-corrected chi connectivity index (χ3v) is 6.10. The number of amides is 2. The second kappa shape index (κ2) is 8.80. The zero-order valence-electron chi connectivity index (χ0n) is 17.0. The molecule has 2 amide bonds. The first-order valence-electron chi connectivity index (χ1n) is 10.1. The minimum Gasteiger partial charge on any atom is -0.353 e. The van der Waals surface area contributed by atoms with Crippen LogP contribution in [0, 0.1) is 5.92 Å². The predicted molar refractivity (Wildman–Crippen MR) is 108 cm³/mol. The van der Waals surface area contributed by atoms with E-state index in [2.05, 4.69) is 12.2 Å². The molecule has 0 bridgehead atoms. The molecule has 0 radical (unpaired) electrons. The zero-order chi connectivity index (χ0) is 20.3. The Morgan fingerprint density at radius 1 is 1.25 bits per heavy atom. The van der Waals surface area contributed by atoms with Crippen LogP contribution in [0.4, 0.5) is 0 Å². The molecule has 3 rings (SSSR count). The van der Waals surface area contributed by atoms with Crippen LogP contribution in [-0.2, 0) is 9.53 Å². The van der Waals surface area contributed by atoms with Crippen molar-refractivity contribution >= 4 is 23.4 Å². The highest BCUT2D eigenvalue weighted by Gasteiger charge is 2.53. The number of nitrogens with zero attached hydrogens (tertiary/aromatic N) is 1. The van der Waals surface area contributed by atoms with Gasteiger partial charge in [-0.25, -0.2) is 0 Å². The minimum absolute atomic E-state index is 0.140. The highest BCUT2D eigenvalue weighted by Crippen LogP contribution is 2.43. The summed E-state index contributed by atoms with van der Waals surface area (Å²) in [6.45, 7) is 3.87. The molecule has 1 aromatic rings. The Morgan fingerprint density at radius 3 is 2.50 bits per heavy atom. The van der Waals surface area contributed by atoms with Gasteiger partial charge in [0.2, 0.25) is 5.91 Å². The lowest BCUT2D eigenvalue weighted by atomic mass is 9.83. The van der Waals surface area contributed by atoms with Crippen LogP contribution in [-0.4, -0.2) is 62.3 Å². The van der Waals surface area contributed by atoms with E-state index in [1.807, 2.05) is 14.1 Å². The molecule has 2 fully saturated rings. The van der Waals surface area contributed by atoms with Crippen molar-refractivity contribution in [2.75, 3.05) is 33.8 Å². The summed E-state index contributed by atoms with van der Waals surface area (Å²) in [6, 6.07) is 6.24. The second-order valence-corrected chi connectivity index (χ2v) is 8.82. The third kappa shape index (κ3) is 4.50. The molecular weight excluding hydrogens is 378 g/mol. The second-order valence-electron chi connectivity index (χ2n) is 8.39. The summed E-state index contributed by atoms with van der Waals surface area (Å²) in [5.41, 5.74) is -0.152. The van der Waals surface area contributed by atoms with Crippen LogP contribution in [0.2, 0.25) is 5.02 Å². The molecule has 1 saturated carbocycles. The number of halogens is 1. The summed E-state index contributed by atoms with van der Waals surface area (Å²) < 4.78 is 6.18. The molecular formula is C21H31ClN3O3+. The molecule has 28 heavy (non-hydrogen) atoms. The van der Waals surface area contributed by atoms with Crippen LogP contribution in [0.1, 0.15) is 43.0 Å². The van der Waals surface area contributed by atoms with E-state index in [0.29, 0.717) is 23.0 Å². The topological polar surface area (TPSA) is 63.1 Å². The van der Waals surface area contributed by atoms with E-state index in [9.17, 15) is 9.59 Å². The number of likely N-dealkylation sites (N-methyl/N-ethyl adjacent to an activating group) is 1. The first kappa shape index (κ1) is 21.1. The number of carbonyl (C=O) groups excluding carboxylic acids is 2. The van der Waals surface area contributed by atoms with Gasteiger partial charge in [0.1, 0.15) is 11.8 Å². The van der Waals surface area contributed by atoms with Crippen LogP contribution in [0.25, 0.3) is 0 Å². The number of carbonyl (C=O) groups is 2. The smallest absolute Gasteiger partial charge is 0.256 e. The predicted octanol–water partition coefficient (Wildman–Crippen LogP) is 1.35. The molecule has 0 unspecified atom stereocenters. The highest BCUT2D eigenvalue weighted by molar-refractivity contribution is 6.30. The molecule has 1 atom stereocenters. The third-order valence-electron chi connectivity index (χ3n) is 5.85. The van der Waals surface area contributed by atoms with Crippen molar-refractivity contribution in [2.45, 2.75) is 44.4 Å². The van der Waals surface area contributed by atoms with Crippen LogP contribution in [0.5, 0.6) is 0 Å². The molecule has 154 valence electrons. The number of quaternary nitrogens is 1. The van der Waals surface area contributed by atoms with Gasteiger partial charge in [0.05, 0.1) is 33.8 Å². The summed E-state index contributed by atoms with van der Waals surface area (Å²) in [5, 5.41) is 3.56. The van der Waals surface area contributed by atoms with Crippen LogP contribution < -0.4 is 10.2 Å². The Balaban J connectivity index is 1.83. The van der Waals surface area contributed by atoms with Crippen LogP contribution in [0.15, 0.2) is 24.3 Å². The number of hydrogen-bond donors (Lipinski definition) is 2. The molecule has 7 heteroatoms. The van der Waals surface area contributed by atoms with Gasteiger partial charge in [-0.15, -0.1) is 0 Å². The van der Waals surface area contributed by atoms with Gasteiger partial charge >= 0.3 is 0 Å². The van der Waals surface area contributed by atoms with Crippen molar-refractivity contribution < 1.29 is 19.2 Å². The molecule has 1 aliphatic carbocycles. The first-order chi connectivity index (χ1) is 13.3. The van der Waals surface area contributed by atoms with E-state index in [1.54, 1.807) is 29.2 Å². The molecule has 2 aliphatic rings. The Bertz CT molecular complexity index is 699. The van der Waals surface area contributed by atoms with Gasteiger partial charge < -0.3 is 15.0 Å². The zero-order valence-corrected chi connectivity index (χ0v) is 17.7. The summed E-state index contributed by atoms with van der Waals surface area (Å²) >= 11 is 5.98. The van der Waals surface area contributed by atoms with Crippen molar-refractivity contribution in [1.29, 1.82) is 0 Å². The number of benzene rings is 1. The Labute approximate surface area is 172 Å². The van der Waals surface area contributed by atoms with Crippen molar-refractivity contribution in [3.8, 4) is 0 Å². The van der Waals surface area contributed by atoms with E-state index in [0.717, 1.165) is 32.2 Å². The SMILES string of the molecule is CC1CCC2(CC1)OC[C@@H](C(=O)NCC[NH+](C)C)N2C(=O)c1ccc(Cl)cc1. The average molecular weight is 409 g/mol. The van der Waals surface area contributed by atoms with Gasteiger partial charge in [0.25, 0.3) is 5.91 Å². The van der Waals surface area contributed by atoms with E-state index in [1.165, 1.54) is 4.90 Å². The van der Waals surface area contributed by atoms with Crippen molar-refractivity contribution in [3.05, 3.63) is 34.9 Å². The highest BCUT2D eigenvalue weighted by atomic mass is 35.5. The maximum Gasteiger partial charge on any atom is 0.256 e. The minimum atomic E-state index is -0.683. The van der Waals surface area contributed by atoms with E-state index >= 15 is 0 Å². The summed E-state index contributed by atoms with van der Waals surface area (Å²) in [6.07, 6.45) is 3.50. The Hall–Kier alpha value is -1.63. The Kier molecular flexibility index (Phi) is 6.63. The lowest BCUT2D eigenvalue weighted by molar-refractivity contribution is -0.856. The van der Waals surface area contributed by atoms with Gasteiger partial charge in [-0.05, 0) is 55.9 Å². The summed E-state index contributed by atoms with van der Waals surface area (Å²) in [5.74, 6) is 0.304. The molecule has 6 nitrogen and oxygen atoms in total. The van der Waals surface area contributed by atoms with Crippen molar-refractivity contribution in [1.82, 2.24) is 10.2 Å². The largest absolute Gasteiger partial charge is 0.353 e. The average Bonchev–Trinajstić information content (AvgIpc) is 3.03. The van der Waals surface area contributed by atoms with Gasteiger partial charge in [-0.3, -0.25) is 14.5 Å². The molecule has 1 heterocycles. The van der Waals surface area contributed by atoms with Crippen molar-refractivity contribution in [2.24, 2.45) is 5.92 Å². The first-order valence-corrected chi connectivity index (χ1v) is 10.5. The van der Waals surface area contributed by atoms with Crippen LogP contribution in [0.3, 0.4) is 0 Å². The lowest BCUT2D eigenvalue weighted by Gasteiger charge is -2.43. The van der Waals surface area contributed by atoms with Crippen LogP contribution >= 0.6 is 11.6 Å². The Morgan fingerprint density at radius 2 is 1.89 bits per heavy atom. The number of ether oxygens (including phenoxy) is 1. The maximum absolute atomic E-state index is 13.4. The maximum atomic E-state index is 13.4. The summed E-state index contributed by atoms with van der Waals surface area (Å²) in [4.78, 5) is 29.3. The molecule has 1 spiro atoms. The van der Waals surface area contributed by atoms with Gasteiger partial charge in [-0.2, -0.15) is 0 Å². The lowest BCUT2D eigenvalue weighted by Crippen LogP contribution is -3.06. The normalized spacial score (nSPS) is 27.4. The number of hydrogen-bond acceptors (Lipinski definition) is 3. The fraction of sp³-hybridized carbons (Fsp3) is 0.619. The van der Waals surface area contributed by atoms with Crippen molar-refractivity contribution in [3.63, 3.8) is 0 Å². The molecule has 1 aromatic carbocycles. The molecule has 0 aromatic heterocycles. The summed E-state index contributed by atoms with van der Waals surface area (Å²) in [7, 11) is 4.08. The fourth-order valence-corrected chi connectivity index (χ4v) is 4.19. The monoisotopic (exact) mass is 408 g/mol. The molecule has 2 N–H and O–H groups in total. The molecule has 1 aliphatic heterocycles. The quantitative estimate of drug-likeness (QED) is 0.773. The van der Waals surface area contributed by atoms with Gasteiger partial charge in [0, 0.05) is 10.6 Å². The van der Waals surface area contributed by atoms with E-state index in [-0.39, 0.29) is 18.4 Å². The number of rotatable bonds is 5. The van der Waals surface area contributed by atoms with E-state index < -0.39 is 11.8 Å². The van der Waals surface area contributed by atoms with Gasteiger partial charge in [-0.1, -0.05) is 18.5 Å². The van der Waals surface area contributed by atoms with Gasteiger partial charge in [0.15, 0.2) is 0 Å². The standard InChI is InChI=1S/C21H30ClN3O3/c1-15-8-10-21(11-9-15)25(20(27)16-4-6-17(22)7-5-16)18(14-28-21)19(26)23-12-13-24(2)3/h4-7,15,18H,8-14H2,1-3H3,(H,23,26)/p+1/t15?,18-,21?/m0/s1. The molecule has 1 saturated heterocycles.